The number of likely N-dealkylation sites (tertiary alicyclic amines) is 1. The molecule has 1 spiro atoms. The molecule has 0 aliphatic carbocycles. The number of nitriles is 1. The third-order valence-corrected chi connectivity index (χ3v) is 6.71. The van der Waals surface area contributed by atoms with Crippen LogP contribution >= 0.6 is 0 Å². The lowest BCUT2D eigenvalue weighted by Crippen LogP contribution is -2.57. The SMILES string of the molecule is CC(C)CC(F)(C(=O)N(C)c1ccccc1)C(=O)N1C[C@]2(C[C@H]1C#N)C(=O)Nc1ccccc12. The summed E-state index contributed by atoms with van der Waals surface area (Å²) < 4.78 is 16.6. The lowest BCUT2D eigenvalue weighted by atomic mass is 9.80. The second kappa shape index (κ2) is 8.56. The lowest BCUT2D eigenvalue weighted by molar-refractivity contribution is -0.153. The van der Waals surface area contributed by atoms with Gasteiger partial charge in [-0.1, -0.05) is 50.2 Å². The third-order valence-electron chi connectivity index (χ3n) is 6.71. The number of nitrogens with zero attached hydrogens (tertiary/aromatic N) is 3. The van der Waals surface area contributed by atoms with E-state index in [2.05, 4.69) is 11.4 Å². The van der Waals surface area contributed by atoms with E-state index in [1.165, 1.54) is 7.05 Å². The van der Waals surface area contributed by atoms with E-state index >= 15 is 4.39 Å². The van der Waals surface area contributed by atoms with E-state index < -0.39 is 28.9 Å². The molecule has 1 unspecified atom stereocenters. The van der Waals surface area contributed by atoms with Gasteiger partial charge < -0.3 is 15.1 Å². The zero-order valence-electron chi connectivity index (χ0n) is 19.4. The Bertz CT molecular complexity index is 1180. The minimum atomic E-state index is -2.88. The van der Waals surface area contributed by atoms with Crippen molar-refractivity contribution in [3.05, 3.63) is 60.2 Å². The van der Waals surface area contributed by atoms with Crippen molar-refractivity contribution in [3.63, 3.8) is 0 Å². The highest BCUT2D eigenvalue weighted by Gasteiger charge is 2.60. The maximum atomic E-state index is 16.6. The second-order valence-corrected chi connectivity index (χ2v) is 9.46. The minimum Gasteiger partial charge on any atom is -0.325 e. The smallest absolute Gasteiger partial charge is 0.274 e. The molecular weight excluding hydrogens is 435 g/mol. The predicted molar refractivity (Wildman–Crippen MR) is 126 cm³/mol. The highest BCUT2D eigenvalue weighted by atomic mass is 19.1. The Kier molecular flexibility index (Phi) is 5.90. The van der Waals surface area contributed by atoms with E-state index in [1.807, 2.05) is 0 Å². The molecule has 1 saturated heterocycles. The molecule has 0 aromatic heterocycles. The molecule has 4 rings (SSSR count). The number of rotatable bonds is 5. The normalized spacial score (nSPS) is 22.8. The van der Waals surface area contributed by atoms with Crippen LogP contribution in [0.3, 0.4) is 0 Å². The molecule has 2 aliphatic rings. The summed E-state index contributed by atoms with van der Waals surface area (Å²) in [5, 5.41) is 12.7. The fraction of sp³-hybridized carbons (Fsp3) is 0.385. The summed E-state index contributed by atoms with van der Waals surface area (Å²) >= 11 is 0. The first-order chi connectivity index (χ1) is 16.1. The van der Waals surface area contributed by atoms with E-state index in [-0.39, 0.29) is 31.2 Å². The van der Waals surface area contributed by atoms with Gasteiger partial charge in [0.2, 0.25) is 5.91 Å². The molecule has 0 bridgehead atoms. The maximum absolute atomic E-state index is 16.6. The van der Waals surface area contributed by atoms with Gasteiger partial charge in [-0.05, 0) is 29.7 Å². The number of halogens is 1. The van der Waals surface area contributed by atoms with Crippen molar-refractivity contribution in [1.29, 1.82) is 5.26 Å². The Balaban J connectivity index is 1.71. The monoisotopic (exact) mass is 462 g/mol. The first-order valence-electron chi connectivity index (χ1n) is 11.3. The van der Waals surface area contributed by atoms with Crippen molar-refractivity contribution >= 4 is 29.1 Å². The summed E-state index contributed by atoms with van der Waals surface area (Å²) in [6.07, 6.45) is -0.301. The number of carbonyl (C=O) groups is 3. The van der Waals surface area contributed by atoms with Crippen molar-refractivity contribution in [2.24, 2.45) is 5.92 Å². The number of para-hydroxylation sites is 2. The van der Waals surface area contributed by atoms with Crippen LogP contribution in [0.2, 0.25) is 0 Å². The quantitative estimate of drug-likeness (QED) is 0.689. The van der Waals surface area contributed by atoms with Crippen LogP contribution in [-0.2, 0) is 19.8 Å². The van der Waals surface area contributed by atoms with Gasteiger partial charge in [-0.3, -0.25) is 14.4 Å². The summed E-state index contributed by atoms with van der Waals surface area (Å²) in [5.74, 6) is -2.71. The second-order valence-electron chi connectivity index (χ2n) is 9.46. The van der Waals surface area contributed by atoms with Gasteiger partial charge >= 0.3 is 0 Å². The number of alkyl halides is 1. The Hall–Kier alpha value is -3.73. The Labute approximate surface area is 198 Å². The van der Waals surface area contributed by atoms with Crippen LogP contribution in [0.15, 0.2) is 54.6 Å². The van der Waals surface area contributed by atoms with Crippen LogP contribution in [0.4, 0.5) is 15.8 Å². The fourth-order valence-corrected chi connectivity index (χ4v) is 5.06. The number of carbonyl (C=O) groups excluding carboxylic acids is 3. The van der Waals surface area contributed by atoms with Crippen LogP contribution in [-0.4, -0.2) is 47.9 Å². The molecule has 3 atom stereocenters. The van der Waals surface area contributed by atoms with Crippen molar-refractivity contribution in [1.82, 2.24) is 4.90 Å². The molecule has 1 fully saturated rings. The molecule has 0 saturated carbocycles. The zero-order chi connectivity index (χ0) is 24.7. The molecule has 2 aliphatic heterocycles. The molecule has 176 valence electrons. The number of nitrogens with one attached hydrogen (secondary N) is 1. The van der Waals surface area contributed by atoms with Crippen LogP contribution in [0.1, 0.15) is 32.3 Å². The number of benzene rings is 2. The largest absolute Gasteiger partial charge is 0.325 e. The number of hydrogen-bond acceptors (Lipinski definition) is 4. The predicted octanol–water partition coefficient (Wildman–Crippen LogP) is 3.42. The molecule has 2 aromatic rings. The summed E-state index contributed by atoms with van der Waals surface area (Å²) in [6, 6.07) is 16.6. The molecule has 2 heterocycles. The van der Waals surface area contributed by atoms with Gasteiger partial charge in [-0.25, -0.2) is 4.39 Å². The van der Waals surface area contributed by atoms with Crippen LogP contribution in [0.5, 0.6) is 0 Å². The molecule has 3 amide bonds. The minimum absolute atomic E-state index is 0.0402. The van der Waals surface area contributed by atoms with Gasteiger partial charge in [0.1, 0.15) is 6.04 Å². The van der Waals surface area contributed by atoms with Gasteiger partial charge in [0.15, 0.2) is 0 Å². The highest BCUT2D eigenvalue weighted by Crippen LogP contribution is 2.47. The van der Waals surface area contributed by atoms with E-state index in [1.54, 1.807) is 68.4 Å². The molecule has 2 aromatic carbocycles. The molecule has 7 nitrogen and oxygen atoms in total. The van der Waals surface area contributed by atoms with Crippen LogP contribution < -0.4 is 10.2 Å². The Morgan fingerprint density at radius 1 is 1.24 bits per heavy atom. The topological polar surface area (TPSA) is 93.5 Å². The van der Waals surface area contributed by atoms with Crippen LogP contribution in [0.25, 0.3) is 0 Å². The Morgan fingerprint density at radius 3 is 2.53 bits per heavy atom. The van der Waals surface area contributed by atoms with Crippen molar-refractivity contribution in [3.8, 4) is 6.07 Å². The first-order valence-corrected chi connectivity index (χ1v) is 11.3. The van der Waals surface area contributed by atoms with Crippen LogP contribution in [0, 0.1) is 17.2 Å². The maximum Gasteiger partial charge on any atom is 0.274 e. The number of hydrogen-bond donors (Lipinski definition) is 1. The molecule has 34 heavy (non-hydrogen) atoms. The van der Waals surface area contributed by atoms with Gasteiger partial charge in [-0.2, -0.15) is 5.26 Å². The Morgan fingerprint density at radius 2 is 1.88 bits per heavy atom. The molecule has 1 N–H and O–H groups in total. The fourth-order valence-electron chi connectivity index (χ4n) is 5.06. The summed E-state index contributed by atoms with van der Waals surface area (Å²) in [6.45, 7) is 3.29. The van der Waals surface area contributed by atoms with Gasteiger partial charge in [0.25, 0.3) is 17.5 Å². The van der Waals surface area contributed by atoms with Gasteiger partial charge in [0, 0.05) is 37.8 Å². The number of amides is 3. The average molecular weight is 463 g/mol. The summed E-state index contributed by atoms with van der Waals surface area (Å²) in [7, 11) is 1.42. The zero-order valence-corrected chi connectivity index (χ0v) is 19.4. The van der Waals surface area contributed by atoms with Crippen molar-refractivity contribution < 1.29 is 18.8 Å². The standard InChI is InChI=1S/C26H27FN4O3/c1-17(2)13-26(27,23(33)30(3)18-9-5-4-6-10-18)24(34)31-16-25(14-19(31)15-28)20-11-7-8-12-21(20)29-22(25)32/h4-12,17,19H,13-14,16H2,1-3H3,(H,29,32)/t19-,25-,26?/m0/s1. The van der Waals surface area contributed by atoms with E-state index in [0.717, 1.165) is 9.80 Å². The molecule has 8 heteroatoms. The van der Waals surface area contributed by atoms with Crippen molar-refractivity contribution in [2.45, 2.75) is 43.8 Å². The number of fused-ring (bicyclic) bond motifs is 2. The molecular formula is C26H27FN4O3. The third kappa shape index (κ3) is 3.61. The summed E-state index contributed by atoms with van der Waals surface area (Å²) in [4.78, 5) is 42.4. The van der Waals surface area contributed by atoms with Gasteiger partial charge in [-0.15, -0.1) is 0 Å². The van der Waals surface area contributed by atoms with Gasteiger partial charge in [0.05, 0.1) is 11.5 Å². The van der Waals surface area contributed by atoms with E-state index in [0.29, 0.717) is 16.9 Å². The number of anilines is 2. The first kappa shape index (κ1) is 23.4. The summed E-state index contributed by atoms with van der Waals surface area (Å²) in [5.41, 5.74) is -2.29. The van der Waals surface area contributed by atoms with E-state index in [9.17, 15) is 19.6 Å². The lowest BCUT2D eigenvalue weighted by Gasteiger charge is -2.34. The van der Waals surface area contributed by atoms with E-state index in [4.69, 9.17) is 0 Å². The van der Waals surface area contributed by atoms with Crippen molar-refractivity contribution in [2.75, 3.05) is 23.8 Å². The molecule has 0 radical (unpaired) electrons. The average Bonchev–Trinajstić information content (AvgIpc) is 3.36. The highest BCUT2D eigenvalue weighted by molar-refractivity contribution is 6.15.